The molecule has 0 aromatic heterocycles. The number of carbonyl (C=O) groups excluding carboxylic acids is 1. The number of primary sulfonamides is 1. The van der Waals surface area contributed by atoms with Gasteiger partial charge in [0.2, 0.25) is 15.9 Å². The maximum atomic E-state index is 12.7. The Hall–Kier alpha value is -1.48. The highest BCUT2D eigenvalue weighted by Gasteiger charge is 2.53. The average Bonchev–Trinajstić information content (AvgIpc) is 3.03. The molecule has 8 heteroatoms. The molecule has 2 heterocycles. The number of amides is 1. The smallest absolute Gasteiger partial charge is 0.238 e. The molecule has 24 heavy (non-hydrogen) atoms. The third kappa shape index (κ3) is 3.32. The number of nitrogens with one attached hydrogen (secondary N) is 2. The Morgan fingerprint density at radius 1 is 1.42 bits per heavy atom. The van der Waals surface area contributed by atoms with Crippen molar-refractivity contribution in [2.75, 3.05) is 39.8 Å². The number of nitrogens with zero attached hydrogens (tertiary/aromatic N) is 1. The number of carbonyl (C=O) groups is 1. The van der Waals surface area contributed by atoms with Gasteiger partial charge in [0, 0.05) is 38.6 Å². The van der Waals surface area contributed by atoms with Gasteiger partial charge >= 0.3 is 0 Å². The minimum atomic E-state index is -3.66. The van der Waals surface area contributed by atoms with E-state index in [4.69, 9.17) is 5.14 Å². The number of nitrogens with two attached hydrogens (primary N) is 1. The van der Waals surface area contributed by atoms with Crippen molar-refractivity contribution in [1.82, 2.24) is 15.5 Å². The van der Waals surface area contributed by atoms with Gasteiger partial charge in [0.15, 0.2) is 0 Å². The zero-order chi connectivity index (χ0) is 17.4. The second kappa shape index (κ2) is 6.44. The first kappa shape index (κ1) is 17.3. The topological polar surface area (TPSA) is 105 Å². The summed E-state index contributed by atoms with van der Waals surface area (Å²) >= 11 is 0. The van der Waals surface area contributed by atoms with E-state index in [0.717, 1.165) is 31.7 Å². The SMILES string of the molecule is CN1C[C@H]2CNC[C@@]2(C(=O)NCCc2ccc(S(N)(=O)=O)cc2)C1. The van der Waals surface area contributed by atoms with E-state index in [1.54, 1.807) is 12.1 Å². The van der Waals surface area contributed by atoms with Crippen LogP contribution in [0.2, 0.25) is 0 Å². The van der Waals surface area contributed by atoms with E-state index in [1.807, 2.05) is 0 Å². The lowest BCUT2D eigenvalue weighted by Crippen LogP contribution is -2.47. The highest BCUT2D eigenvalue weighted by Crippen LogP contribution is 2.38. The van der Waals surface area contributed by atoms with Gasteiger partial charge < -0.3 is 15.5 Å². The number of rotatable bonds is 5. The van der Waals surface area contributed by atoms with Crippen molar-refractivity contribution in [2.45, 2.75) is 11.3 Å². The quantitative estimate of drug-likeness (QED) is 0.640. The molecule has 3 rings (SSSR count). The van der Waals surface area contributed by atoms with Crippen LogP contribution in [0.3, 0.4) is 0 Å². The Bertz CT molecular complexity index is 719. The van der Waals surface area contributed by atoms with Gasteiger partial charge in [0.1, 0.15) is 0 Å². The summed E-state index contributed by atoms with van der Waals surface area (Å²) in [6.07, 6.45) is 0.653. The molecule has 132 valence electrons. The Balaban J connectivity index is 1.56. The van der Waals surface area contributed by atoms with E-state index in [9.17, 15) is 13.2 Å². The van der Waals surface area contributed by atoms with Crippen LogP contribution in [0.1, 0.15) is 5.56 Å². The van der Waals surface area contributed by atoms with Crippen LogP contribution in [0.15, 0.2) is 29.2 Å². The monoisotopic (exact) mass is 352 g/mol. The Kier molecular flexibility index (Phi) is 4.65. The van der Waals surface area contributed by atoms with Crippen LogP contribution in [0, 0.1) is 11.3 Å². The molecule has 1 amide bonds. The molecule has 2 aliphatic heterocycles. The van der Waals surface area contributed by atoms with E-state index in [0.29, 0.717) is 18.9 Å². The van der Waals surface area contributed by atoms with Crippen LogP contribution in [0.25, 0.3) is 0 Å². The third-order valence-electron chi connectivity index (χ3n) is 5.10. The van der Waals surface area contributed by atoms with Crippen LogP contribution < -0.4 is 15.8 Å². The summed E-state index contributed by atoms with van der Waals surface area (Å²) in [6, 6.07) is 6.45. The summed E-state index contributed by atoms with van der Waals surface area (Å²) in [5.41, 5.74) is 0.650. The largest absolute Gasteiger partial charge is 0.355 e. The zero-order valence-corrected chi connectivity index (χ0v) is 14.6. The van der Waals surface area contributed by atoms with E-state index < -0.39 is 10.0 Å². The number of benzene rings is 1. The van der Waals surface area contributed by atoms with E-state index >= 15 is 0 Å². The highest BCUT2D eigenvalue weighted by molar-refractivity contribution is 7.89. The van der Waals surface area contributed by atoms with Crippen molar-refractivity contribution in [3.8, 4) is 0 Å². The molecule has 1 aromatic rings. The molecule has 7 nitrogen and oxygen atoms in total. The molecule has 0 radical (unpaired) electrons. The third-order valence-corrected chi connectivity index (χ3v) is 6.03. The van der Waals surface area contributed by atoms with Crippen LogP contribution >= 0.6 is 0 Å². The minimum Gasteiger partial charge on any atom is -0.355 e. The number of hydrogen-bond acceptors (Lipinski definition) is 5. The van der Waals surface area contributed by atoms with Crippen molar-refractivity contribution >= 4 is 15.9 Å². The molecule has 2 fully saturated rings. The lowest BCUT2D eigenvalue weighted by molar-refractivity contribution is -0.130. The van der Waals surface area contributed by atoms with Gasteiger partial charge in [0.05, 0.1) is 10.3 Å². The maximum absolute atomic E-state index is 12.7. The van der Waals surface area contributed by atoms with Gasteiger partial charge in [-0.2, -0.15) is 0 Å². The second-order valence-corrected chi connectivity index (χ2v) is 8.44. The fraction of sp³-hybridized carbons (Fsp3) is 0.562. The maximum Gasteiger partial charge on any atom is 0.238 e. The molecular formula is C16H24N4O3S. The molecule has 2 saturated heterocycles. The number of fused-ring (bicyclic) bond motifs is 1. The standard InChI is InChI=1S/C16H24N4O3S/c1-20-9-13-8-18-10-16(13,11-20)15(21)19-7-6-12-2-4-14(5-3-12)24(17,22)23/h2-5,13,18H,6-11H2,1H3,(H,19,21)(H2,17,22,23)/t13-,16-/m1/s1. The molecule has 2 atom stereocenters. The lowest BCUT2D eigenvalue weighted by atomic mass is 9.80. The van der Waals surface area contributed by atoms with Crippen molar-refractivity contribution in [2.24, 2.45) is 16.5 Å². The summed E-state index contributed by atoms with van der Waals surface area (Å²) in [5, 5.41) is 11.5. The first-order valence-corrected chi connectivity index (χ1v) is 9.65. The first-order chi connectivity index (χ1) is 11.3. The molecule has 4 N–H and O–H groups in total. The highest BCUT2D eigenvalue weighted by atomic mass is 32.2. The number of sulfonamides is 1. The fourth-order valence-electron chi connectivity index (χ4n) is 3.84. The summed E-state index contributed by atoms with van der Waals surface area (Å²) in [6.45, 7) is 3.91. The van der Waals surface area contributed by atoms with Gasteiger partial charge in [-0.3, -0.25) is 4.79 Å². The minimum absolute atomic E-state index is 0.100. The van der Waals surface area contributed by atoms with Crippen LogP contribution in [0.5, 0.6) is 0 Å². The summed E-state index contributed by atoms with van der Waals surface area (Å²) < 4.78 is 22.5. The molecular weight excluding hydrogens is 328 g/mol. The van der Waals surface area contributed by atoms with Gasteiger partial charge in [-0.1, -0.05) is 12.1 Å². The first-order valence-electron chi connectivity index (χ1n) is 8.10. The van der Waals surface area contributed by atoms with Gasteiger partial charge in [0.25, 0.3) is 0 Å². The van der Waals surface area contributed by atoms with E-state index in [1.165, 1.54) is 12.1 Å². The molecule has 0 saturated carbocycles. The van der Waals surface area contributed by atoms with Gasteiger partial charge in [-0.15, -0.1) is 0 Å². The Labute approximate surface area is 142 Å². The predicted octanol–water partition coefficient (Wildman–Crippen LogP) is -0.856. The summed E-state index contributed by atoms with van der Waals surface area (Å²) in [4.78, 5) is 15.0. The van der Waals surface area contributed by atoms with Crippen LogP contribution in [-0.2, 0) is 21.2 Å². The van der Waals surface area contributed by atoms with Gasteiger partial charge in [-0.25, -0.2) is 13.6 Å². The molecule has 0 unspecified atom stereocenters. The number of likely N-dealkylation sites (tertiary alicyclic amines) is 1. The van der Waals surface area contributed by atoms with E-state index in [2.05, 4.69) is 22.6 Å². The molecule has 0 bridgehead atoms. The Morgan fingerprint density at radius 2 is 2.12 bits per heavy atom. The van der Waals surface area contributed by atoms with Crippen molar-refractivity contribution in [3.63, 3.8) is 0 Å². The van der Waals surface area contributed by atoms with Crippen molar-refractivity contribution < 1.29 is 13.2 Å². The Morgan fingerprint density at radius 3 is 2.79 bits per heavy atom. The summed E-state index contributed by atoms with van der Waals surface area (Å²) in [7, 11) is -1.61. The second-order valence-electron chi connectivity index (χ2n) is 6.88. The number of hydrogen-bond donors (Lipinski definition) is 3. The predicted molar refractivity (Wildman–Crippen MR) is 90.8 cm³/mol. The van der Waals surface area contributed by atoms with E-state index in [-0.39, 0.29) is 16.2 Å². The van der Waals surface area contributed by atoms with Crippen LogP contribution in [-0.4, -0.2) is 59.0 Å². The van der Waals surface area contributed by atoms with Crippen molar-refractivity contribution in [1.29, 1.82) is 0 Å². The van der Waals surface area contributed by atoms with Crippen LogP contribution in [0.4, 0.5) is 0 Å². The zero-order valence-electron chi connectivity index (χ0n) is 13.8. The molecule has 0 aliphatic carbocycles. The van der Waals surface area contributed by atoms with Gasteiger partial charge in [-0.05, 0) is 31.2 Å². The summed E-state index contributed by atoms with van der Waals surface area (Å²) in [5.74, 6) is 0.486. The fourth-order valence-corrected chi connectivity index (χ4v) is 4.35. The molecule has 2 aliphatic rings. The normalized spacial score (nSPS) is 27.2. The molecule has 0 spiro atoms. The average molecular weight is 352 g/mol. The lowest BCUT2D eigenvalue weighted by Gasteiger charge is -2.26. The van der Waals surface area contributed by atoms with Crippen molar-refractivity contribution in [3.05, 3.63) is 29.8 Å². The molecule has 1 aromatic carbocycles.